The highest BCUT2D eigenvalue weighted by Crippen LogP contribution is 2.42. The van der Waals surface area contributed by atoms with E-state index in [1.54, 1.807) is 44.2 Å². The van der Waals surface area contributed by atoms with Crippen LogP contribution in [0, 0.1) is 12.8 Å². The molecule has 3 aromatic heterocycles. The second-order valence-electron chi connectivity index (χ2n) is 9.80. The number of hydrogen-bond donors (Lipinski definition) is 1. The average molecular weight is 531 g/mol. The summed E-state index contributed by atoms with van der Waals surface area (Å²) in [6.07, 6.45) is 5.18. The fourth-order valence-corrected chi connectivity index (χ4v) is 7.29. The van der Waals surface area contributed by atoms with Gasteiger partial charge in [-0.15, -0.1) is 10.2 Å². The van der Waals surface area contributed by atoms with E-state index in [-0.39, 0.29) is 28.4 Å². The smallest absolute Gasteiger partial charge is 0.269 e. The lowest BCUT2D eigenvalue weighted by Crippen LogP contribution is -2.37. The molecule has 0 radical (unpaired) electrons. The fourth-order valence-electron chi connectivity index (χ4n) is 5.07. The molecule has 5 rings (SSSR count). The Morgan fingerprint density at radius 3 is 2.44 bits per heavy atom. The maximum atomic E-state index is 13.4. The number of aromatic nitrogens is 5. The molecule has 0 aliphatic heterocycles. The van der Waals surface area contributed by atoms with Crippen LogP contribution in [0.3, 0.4) is 0 Å². The molecular formula is C24H30N6O4S2. The van der Waals surface area contributed by atoms with E-state index in [1.807, 2.05) is 11.3 Å². The summed E-state index contributed by atoms with van der Waals surface area (Å²) in [6.45, 7) is 7.31. The Balaban J connectivity index is 1.57. The third kappa shape index (κ3) is 4.10. The molecule has 0 unspecified atom stereocenters. The van der Waals surface area contributed by atoms with Crippen LogP contribution < -0.4 is 4.72 Å². The highest BCUT2D eigenvalue weighted by molar-refractivity contribution is 7.90. The maximum absolute atomic E-state index is 13.4. The van der Waals surface area contributed by atoms with Gasteiger partial charge in [-0.25, -0.2) is 30.5 Å². The van der Waals surface area contributed by atoms with Crippen molar-refractivity contribution in [3.63, 3.8) is 0 Å². The largest absolute Gasteiger partial charge is 0.274 e. The van der Waals surface area contributed by atoms with Crippen LogP contribution in [0.5, 0.6) is 0 Å². The summed E-state index contributed by atoms with van der Waals surface area (Å²) >= 11 is 0. The minimum atomic E-state index is -3.85. The Morgan fingerprint density at radius 2 is 1.78 bits per heavy atom. The van der Waals surface area contributed by atoms with E-state index in [9.17, 15) is 16.8 Å². The van der Waals surface area contributed by atoms with Crippen LogP contribution in [-0.2, 0) is 20.0 Å². The number of aryl methyl sites for hydroxylation is 1. The zero-order valence-corrected chi connectivity index (χ0v) is 22.3. The second kappa shape index (κ2) is 8.93. The molecule has 36 heavy (non-hydrogen) atoms. The minimum absolute atomic E-state index is 0.0347. The molecule has 192 valence electrons. The van der Waals surface area contributed by atoms with Crippen LogP contribution >= 0.6 is 0 Å². The van der Waals surface area contributed by atoms with Gasteiger partial charge in [0.2, 0.25) is 10.0 Å². The van der Waals surface area contributed by atoms with Crippen LogP contribution in [0.2, 0.25) is 0 Å². The van der Waals surface area contributed by atoms with E-state index >= 15 is 0 Å². The number of nitrogens with zero attached hydrogens (tertiary/aromatic N) is 5. The van der Waals surface area contributed by atoms with Crippen molar-refractivity contribution < 1.29 is 16.8 Å². The highest BCUT2D eigenvalue weighted by Gasteiger charge is 2.39. The van der Waals surface area contributed by atoms with Gasteiger partial charge in [-0.2, -0.15) is 0 Å². The third-order valence-corrected chi connectivity index (χ3v) is 10.7. The Labute approximate surface area is 210 Å². The van der Waals surface area contributed by atoms with Crippen LogP contribution in [0.4, 0.5) is 0 Å². The summed E-state index contributed by atoms with van der Waals surface area (Å²) in [5, 5.41) is 8.26. The summed E-state index contributed by atoms with van der Waals surface area (Å²) in [7, 11) is -7.25. The van der Waals surface area contributed by atoms with Crippen molar-refractivity contribution in [3.8, 4) is 0 Å². The van der Waals surface area contributed by atoms with Crippen molar-refractivity contribution in [2.45, 2.75) is 69.1 Å². The molecule has 12 heteroatoms. The summed E-state index contributed by atoms with van der Waals surface area (Å²) in [5.41, 5.74) is 2.36. The normalized spacial score (nSPS) is 21.2. The van der Waals surface area contributed by atoms with Crippen LogP contribution in [0.15, 0.2) is 47.6 Å². The van der Waals surface area contributed by atoms with Crippen molar-refractivity contribution in [2.24, 2.45) is 5.92 Å². The molecule has 0 spiro atoms. The molecule has 10 nitrogen and oxygen atoms in total. The molecule has 3 atom stereocenters. The molecule has 3 heterocycles. The summed E-state index contributed by atoms with van der Waals surface area (Å²) in [4.78, 5) is 4.59. The number of benzene rings is 1. The van der Waals surface area contributed by atoms with Crippen LogP contribution in [-0.4, -0.2) is 51.7 Å². The fraction of sp³-hybridized carbons (Fsp3) is 0.458. The number of rotatable bonds is 7. The minimum Gasteiger partial charge on any atom is -0.274 e. The molecular weight excluding hydrogens is 500 g/mol. The molecule has 1 aromatic carbocycles. The van der Waals surface area contributed by atoms with Gasteiger partial charge in [0.25, 0.3) is 10.0 Å². The molecule has 1 saturated carbocycles. The van der Waals surface area contributed by atoms with Gasteiger partial charge in [0, 0.05) is 18.2 Å². The Morgan fingerprint density at radius 1 is 1.06 bits per heavy atom. The van der Waals surface area contributed by atoms with Gasteiger partial charge in [-0.05, 0) is 57.7 Å². The first-order valence-electron chi connectivity index (χ1n) is 12.1. The van der Waals surface area contributed by atoms with E-state index in [4.69, 9.17) is 0 Å². The van der Waals surface area contributed by atoms with Gasteiger partial charge in [-0.3, -0.25) is 4.40 Å². The van der Waals surface area contributed by atoms with Gasteiger partial charge in [0.15, 0.2) is 11.3 Å². The number of nitrogens with one attached hydrogen (secondary N) is 1. The lowest BCUT2D eigenvalue weighted by molar-refractivity contribution is 0.449. The first kappa shape index (κ1) is 24.8. The predicted octanol–water partition coefficient (Wildman–Crippen LogP) is 3.22. The number of hydrogen-bond acceptors (Lipinski definition) is 7. The third-order valence-electron chi connectivity index (χ3n) is 7.14. The van der Waals surface area contributed by atoms with Crippen LogP contribution in [0.1, 0.15) is 57.3 Å². The zero-order valence-electron chi connectivity index (χ0n) is 20.7. The Hall–Kier alpha value is -2.83. The topological polar surface area (TPSA) is 128 Å². The average Bonchev–Trinajstić information content (AvgIpc) is 3.54. The second-order valence-corrected chi connectivity index (χ2v) is 13.9. The highest BCUT2D eigenvalue weighted by atomic mass is 32.2. The molecule has 1 N–H and O–H groups in total. The van der Waals surface area contributed by atoms with Crippen molar-refractivity contribution >= 4 is 36.9 Å². The summed E-state index contributed by atoms with van der Waals surface area (Å²) < 4.78 is 57.6. The van der Waals surface area contributed by atoms with E-state index in [0.717, 1.165) is 12.0 Å². The van der Waals surface area contributed by atoms with Gasteiger partial charge in [0.1, 0.15) is 5.82 Å². The van der Waals surface area contributed by atoms with Crippen molar-refractivity contribution in [1.82, 2.24) is 28.3 Å². The van der Waals surface area contributed by atoms with Gasteiger partial charge in [0.05, 0.1) is 21.9 Å². The van der Waals surface area contributed by atoms with Gasteiger partial charge in [-0.1, -0.05) is 31.0 Å². The number of fused-ring (bicyclic) bond motifs is 3. The zero-order chi connectivity index (χ0) is 25.8. The summed E-state index contributed by atoms with van der Waals surface area (Å²) in [6, 6.07) is 8.21. The van der Waals surface area contributed by atoms with E-state index in [1.165, 1.54) is 16.4 Å². The standard InChI is InChI=1S/C24H30N6O4S2/c1-5-17-12-18(28-35(31,32)15(2)3)13-20(17)23-27-26-22-14-25-24-21(30(22)23)10-11-29(24)36(33,34)19-8-6-16(4)7-9-19/h6-11,14-15,17-18,20,28H,5,12-13H2,1-4H3/t17-,18+,20+/m1/s1. The van der Waals surface area contributed by atoms with Crippen molar-refractivity contribution in [2.75, 3.05) is 0 Å². The maximum Gasteiger partial charge on any atom is 0.269 e. The quantitative estimate of drug-likeness (QED) is 0.388. The predicted molar refractivity (Wildman–Crippen MR) is 137 cm³/mol. The van der Waals surface area contributed by atoms with E-state index < -0.39 is 25.3 Å². The van der Waals surface area contributed by atoms with E-state index in [2.05, 4.69) is 26.8 Å². The molecule has 1 fully saturated rings. The Bertz CT molecular complexity index is 1640. The number of sulfonamides is 1. The molecule has 1 aliphatic rings. The lowest BCUT2D eigenvalue weighted by atomic mass is 9.93. The molecule has 4 aromatic rings. The van der Waals surface area contributed by atoms with Crippen LogP contribution in [0.25, 0.3) is 16.8 Å². The first-order chi connectivity index (χ1) is 17.0. The summed E-state index contributed by atoms with van der Waals surface area (Å²) in [5.74, 6) is 0.868. The van der Waals surface area contributed by atoms with Gasteiger partial charge < -0.3 is 0 Å². The van der Waals surface area contributed by atoms with Gasteiger partial charge >= 0.3 is 0 Å². The lowest BCUT2D eigenvalue weighted by Gasteiger charge is -2.16. The van der Waals surface area contributed by atoms with Crippen molar-refractivity contribution in [3.05, 3.63) is 54.1 Å². The molecule has 0 bridgehead atoms. The molecule has 1 aliphatic carbocycles. The molecule has 0 saturated heterocycles. The SMILES string of the molecule is CC[C@@H]1C[C@H](NS(=O)(=O)C(C)C)C[C@@H]1c1nnc2cnc3c(ccn3S(=O)(=O)c3ccc(C)cc3)n12. The molecule has 0 amide bonds. The monoisotopic (exact) mass is 530 g/mol. The first-order valence-corrected chi connectivity index (χ1v) is 15.1. The van der Waals surface area contributed by atoms with E-state index in [0.29, 0.717) is 29.8 Å². The van der Waals surface area contributed by atoms with Crippen molar-refractivity contribution in [1.29, 1.82) is 0 Å². The Kier molecular flexibility index (Phi) is 6.16.